The minimum atomic E-state index is -3.81. The Morgan fingerprint density at radius 3 is 2.52 bits per heavy atom. The third-order valence-electron chi connectivity index (χ3n) is 5.42. The first-order valence-electron chi connectivity index (χ1n) is 9.44. The van der Waals surface area contributed by atoms with Crippen LogP contribution in [-0.4, -0.2) is 30.2 Å². The van der Waals surface area contributed by atoms with Crippen molar-refractivity contribution in [3.05, 3.63) is 47.0 Å². The van der Waals surface area contributed by atoms with Gasteiger partial charge in [-0.3, -0.25) is 0 Å². The van der Waals surface area contributed by atoms with Gasteiger partial charge in [-0.25, -0.2) is 13.1 Å². The quantitative estimate of drug-likeness (QED) is 0.635. The fourth-order valence-corrected chi connectivity index (χ4v) is 4.87. The van der Waals surface area contributed by atoms with Gasteiger partial charge in [-0.1, -0.05) is 17.3 Å². The molecular weight excluding hydrogens is 392 g/mol. The number of benzene rings is 1. The molecule has 1 aliphatic carbocycles. The topological polar surface area (TPSA) is 99.2 Å². The maximum atomic E-state index is 13.2. The van der Waals surface area contributed by atoms with Gasteiger partial charge >= 0.3 is 0 Å². The van der Waals surface area contributed by atoms with Gasteiger partial charge in [-0.2, -0.15) is 4.98 Å². The minimum absolute atomic E-state index is 0.163. The van der Waals surface area contributed by atoms with Crippen molar-refractivity contribution in [2.45, 2.75) is 44.0 Å². The lowest BCUT2D eigenvalue weighted by Crippen LogP contribution is -2.24. The zero-order valence-corrected chi connectivity index (χ0v) is 17.7. The number of methoxy groups -OCH3 is 1. The van der Waals surface area contributed by atoms with Gasteiger partial charge in [0.25, 0.3) is 5.89 Å². The molecule has 8 nitrogen and oxygen atoms in total. The van der Waals surface area contributed by atoms with Crippen LogP contribution in [0, 0.1) is 13.8 Å². The number of rotatable bonds is 7. The fraction of sp³-hybridized carbons (Fsp3) is 0.400. The molecule has 1 aromatic carbocycles. The monoisotopic (exact) mass is 416 g/mol. The van der Waals surface area contributed by atoms with E-state index in [2.05, 4.69) is 14.9 Å². The van der Waals surface area contributed by atoms with Gasteiger partial charge in [0.05, 0.1) is 12.7 Å². The molecule has 4 rings (SSSR count). The van der Waals surface area contributed by atoms with Gasteiger partial charge in [0.2, 0.25) is 10.0 Å². The van der Waals surface area contributed by atoms with Crippen molar-refractivity contribution in [1.82, 2.24) is 19.4 Å². The van der Waals surface area contributed by atoms with Gasteiger partial charge in [0.15, 0.2) is 5.82 Å². The largest absolute Gasteiger partial charge is 0.497 e. The smallest absolute Gasteiger partial charge is 0.261 e. The van der Waals surface area contributed by atoms with E-state index >= 15 is 0 Å². The van der Waals surface area contributed by atoms with Crippen LogP contribution < -0.4 is 9.46 Å². The van der Waals surface area contributed by atoms with Crippen LogP contribution in [0.5, 0.6) is 5.75 Å². The third-order valence-corrected chi connectivity index (χ3v) is 6.98. The van der Waals surface area contributed by atoms with Gasteiger partial charge in [-0.15, -0.1) is 0 Å². The number of sulfonamides is 1. The molecule has 0 aliphatic heterocycles. The molecular formula is C20H24N4O4S. The molecule has 0 bridgehead atoms. The van der Waals surface area contributed by atoms with Crippen LogP contribution >= 0.6 is 0 Å². The second kappa shape index (κ2) is 7.31. The number of hydrogen-bond acceptors (Lipinski definition) is 6. The molecule has 3 aromatic rings. The van der Waals surface area contributed by atoms with Crippen LogP contribution in [0.25, 0.3) is 11.5 Å². The standard InChI is InChI=1S/C20H24N4O4S/c1-12-17(20-22-19(23-28-20)15-7-8-15)18(13(2)24(12)3)29(25,26)21-11-14-5-9-16(27-4)10-6-14/h5-6,9-10,15,21H,7-8,11H2,1-4H3. The normalized spacial score (nSPS) is 14.3. The molecule has 1 aliphatic rings. The summed E-state index contributed by atoms with van der Waals surface area (Å²) in [5, 5.41) is 4.05. The maximum absolute atomic E-state index is 13.2. The second-order valence-electron chi connectivity index (χ2n) is 7.34. The molecule has 154 valence electrons. The highest BCUT2D eigenvalue weighted by molar-refractivity contribution is 7.89. The summed E-state index contributed by atoms with van der Waals surface area (Å²) in [6.07, 6.45) is 2.08. The van der Waals surface area contributed by atoms with Crippen LogP contribution in [0.1, 0.15) is 41.5 Å². The molecule has 0 amide bonds. The minimum Gasteiger partial charge on any atom is -0.497 e. The van der Waals surface area contributed by atoms with E-state index in [0.717, 1.165) is 29.8 Å². The predicted octanol–water partition coefficient (Wildman–Crippen LogP) is 3.06. The number of ether oxygens (including phenoxy) is 1. The van der Waals surface area contributed by atoms with Gasteiger partial charge in [0.1, 0.15) is 10.6 Å². The van der Waals surface area contributed by atoms with Crippen molar-refractivity contribution in [3.63, 3.8) is 0 Å². The number of hydrogen-bond donors (Lipinski definition) is 1. The first-order chi connectivity index (χ1) is 13.8. The van der Waals surface area contributed by atoms with E-state index in [0.29, 0.717) is 23.0 Å². The highest BCUT2D eigenvalue weighted by Gasteiger charge is 2.33. The molecule has 1 N–H and O–H groups in total. The second-order valence-corrected chi connectivity index (χ2v) is 9.04. The van der Waals surface area contributed by atoms with Crippen LogP contribution in [-0.2, 0) is 23.6 Å². The van der Waals surface area contributed by atoms with Crippen LogP contribution in [0.2, 0.25) is 0 Å². The fourth-order valence-electron chi connectivity index (χ4n) is 3.34. The summed E-state index contributed by atoms with van der Waals surface area (Å²) in [7, 11) is -0.393. The Morgan fingerprint density at radius 1 is 1.21 bits per heavy atom. The Balaban J connectivity index is 1.67. The number of aromatic nitrogens is 3. The van der Waals surface area contributed by atoms with Gasteiger partial charge < -0.3 is 13.8 Å². The van der Waals surface area contributed by atoms with Crippen molar-refractivity contribution in [2.24, 2.45) is 7.05 Å². The Labute approximate surface area is 169 Å². The van der Waals surface area contributed by atoms with Crippen LogP contribution in [0.15, 0.2) is 33.7 Å². The molecule has 9 heteroatoms. The van der Waals surface area contributed by atoms with E-state index in [1.54, 1.807) is 26.2 Å². The molecule has 0 atom stereocenters. The third kappa shape index (κ3) is 3.67. The average Bonchev–Trinajstić information content (AvgIpc) is 3.41. The van der Waals surface area contributed by atoms with Crippen molar-refractivity contribution in [1.29, 1.82) is 0 Å². The predicted molar refractivity (Wildman–Crippen MR) is 107 cm³/mol. The van der Waals surface area contributed by atoms with Crippen molar-refractivity contribution in [2.75, 3.05) is 7.11 Å². The number of nitrogens with one attached hydrogen (secondary N) is 1. The molecule has 1 saturated carbocycles. The molecule has 1 fully saturated rings. The summed E-state index contributed by atoms with van der Waals surface area (Å²) in [6.45, 7) is 3.79. The molecule has 29 heavy (non-hydrogen) atoms. The summed E-state index contributed by atoms with van der Waals surface area (Å²) in [4.78, 5) is 4.65. The summed E-state index contributed by atoms with van der Waals surface area (Å²) in [6, 6.07) is 7.24. The van der Waals surface area contributed by atoms with E-state index in [1.165, 1.54) is 0 Å². The summed E-state index contributed by atoms with van der Waals surface area (Å²) in [5.41, 5.74) is 2.67. The van der Waals surface area contributed by atoms with E-state index < -0.39 is 10.0 Å². The van der Waals surface area contributed by atoms with Crippen LogP contribution in [0.3, 0.4) is 0 Å². The summed E-state index contributed by atoms with van der Waals surface area (Å²) in [5.74, 6) is 1.94. The SMILES string of the molecule is COc1ccc(CNS(=O)(=O)c2c(-c3nc(C4CC4)no3)c(C)n(C)c2C)cc1. The molecule has 2 aromatic heterocycles. The van der Waals surface area contributed by atoms with Crippen LogP contribution in [0.4, 0.5) is 0 Å². The Kier molecular flexibility index (Phi) is 4.95. The Hall–Kier alpha value is -2.65. The van der Waals surface area contributed by atoms with E-state index in [4.69, 9.17) is 9.26 Å². The summed E-state index contributed by atoms with van der Waals surface area (Å²) >= 11 is 0. The number of nitrogens with zero attached hydrogens (tertiary/aromatic N) is 3. The first-order valence-corrected chi connectivity index (χ1v) is 10.9. The van der Waals surface area contributed by atoms with E-state index in [1.807, 2.05) is 30.7 Å². The van der Waals surface area contributed by atoms with Crippen molar-refractivity contribution in [3.8, 4) is 17.2 Å². The molecule has 0 saturated heterocycles. The lowest BCUT2D eigenvalue weighted by Gasteiger charge is -2.09. The van der Waals surface area contributed by atoms with Crippen molar-refractivity contribution < 1.29 is 17.7 Å². The molecule has 0 radical (unpaired) electrons. The Morgan fingerprint density at radius 2 is 1.90 bits per heavy atom. The Bertz CT molecular complexity index is 1140. The van der Waals surface area contributed by atoms with Crippen molar-refractivity contribution >= 4 is 10.0 Å². The zero-order valence-electron chi connectivity index (χ0n) is 16.9. The van der Waals surface area contributed by atoms with Gasteiger partial charge in [0, 0.05) is 30.9 Å². The average molecular weight is 417 g/mol. The lowest BCUT2D eigenvalue weighted by molar-refractivity contribution is 0.414. The van der Waals surface area contributed by atoms with Gasteiger partial charge in [-0.05, 0) is 44.4 Å². The molecule has 2 heterocycles. The lowest BCUT2D eigenvalue weighted by atomic mass is 10.2. The highest BCUT2D eigenvalue weighted by atomic mass is 32.2. The zero-order chi connectivity index (χ0) is 20.8. The maximum Gasteiger partial charge on any atom is 0.261 e. The molecule has 0 unspecified atom stereocenters. The highest BCUT2D eigenvalue weighted by Crippen LogP contribution is 2.40. The molecule has 0 spiro atoms. The van der Waals surface area contributed by atoms with E-state index in [9.17, 15) is 8.42 Å². The summed E-state index contributed by atoms with van der Waals surface area (Å²) < 4.78 is 41.6. The van der Waals surface area contributed by atoms with E-state index in [-0.39, 0.29) is 17.3 Å². The first kappa shape index (κ1) is 19.7.